The largest absolute Gasteiger partial charge is 0.481 e. The van der Waals surface area contributed by atoms with E-state index in [4.69, 9.17) is 10.8 Å². The van der Waals surface area contributed by atoms with Gasteiger partial charge < -0.3 is 16.2 Å². The van der Waals surface area contributed by atoms with Crippen LogP contribution in [0, 0.1) is 6.92 Å². The Bertz CT molecular complexity index is 405. The van der Waals surface area contributed by atoms with Crippen LogP contribution in [0.15, 0.2) is 6.20 Å². The second kappa shape index (κ2) is 6.31. The van der Waals surface area contributed by atoms with Crippen molar-refractivity contribution in [2.75, 3.05) is 6.54 Å². The highest BCUT2D eigenvalue weighted by molar-refractivity contribution is 7.11. The molecule has 0 saturated carbocycles. The Morgan fingerprint density at radius 3 is 2.88 bits per heavy atom. The van der Waals surface area contributed by atoms with Crippen LogP contribution >= 0.6 is 11.3 Å². The molecule has 17 heavy (non-hydrogen) atoms. The predicted molar refractivity (Wildman–Crippen MR) is 63.8 cm³/mol. The second-order valence-electron chi connectivity index (χ2n) is 3.59. The van der Waals surface area contributed by atoms with Crippen molar-refractivity contribution in [3.63, 3.8) is 0 Å². The molecule has 0 aromatic carbocycles. The summed E-state index contributed by atoms with van der Waals surface area (Å²) >= 11 is 1.57. The number of nitrogens with two attached hydrogens (primary N) is 1. The summed E-state index contributed by atoms with van der Waals surface area (Å²) in [5.41, 5.74) is 5.40. The Balaban J connectivity index is 2.26. The van der Waals surface area contributed by atoms with E-state index in [0.29, 0.717) is 13.0 Å². The minimum Gasteiger partial charge on any atom is -0.481 e. The van der Waals surface area contributed by atoms with Gasteiger partial charge in [0.05, 0.1) is 17.5 Å². The SMILES string of the molecule is Cc1ncc(CCNC(=O)[C@@H](N)CC(=O)O)s1. The van der Waals surface area contributed by atoms with Crippen LogP contribution in [0.4, 0.5) is 0 Å². The fourth-order valence-corrected chi connectivity index (χ4v) is 2.04. The molecule has 1 amide bonds. The lowest BCUT2D eigenvalue weighted by molar-refractivity contribution is -0.139. The molecule has 6 nitrogen and oxygen atoms in total. The fourth-order valence-electron chi connectivity index (χ4n) is 1.24. The van der Waals surface area contributed by atoms with E-state index >= 15 is 0 Å². The summed E-state index contributed by atoms with van der Waals surface area (Å²) < 4.78 is 0. The lowest BCUT2D eigenvalue weighted by atomic mass is 10.2. The van der Waals surface area contributed by atoms with Crippen molar-refractivity contribution >= 4 is 23.2 Å². The third-order valence-electron chi connectivity index (χ3n) is 2.07. The zero-order valence-corrected chi connectivity index (χ0v) is 10.3. The number of hydrogen-bond acceptors (Lipinski definition) is 5. The van der Waals surface area contributed by atoms with E-state index in [1.165, 1.54) is 0 Å². The van der Waals surface area contributed by atoms with Crippen LogP contribution in [-0.2, 0) is 16.0 Å². The highest BCUT2D eigenvalue weighted by Crippen LogP contribution is 2.11. The van der Waals surface area contributed by atoms with Crippen molar-refractivity contribution in [1.29, 1.82) is 0 Å². The first-order valence-corrected chi connectivity index (χ1v) is 5.97. The van der Waals surface area contributed by atoms with Crippen LogP contribution in [0.3, 0.4) is 0 Å². The zero-order chi connectivity index (χ0) is 12.8. The summed E-state index contributed by atoms with van der Waals surface area (Å²) in [5, 5.41) is 12.0. The van der Waals surface area contributed by atoms with Gasteiger partial charge in [0.25, 0.3) is 0 Å². The predicted octanol–water partition coefficient (Wildman–Crippen LogP) is -0.0878. The number of rotatable bonds is 6. The van der Waals surface area contributed by atoms with Crippen molar-refractivity contribution in [3.05, 3.63) is 16.1 Å². The normalized spacial score (nSPS) is 12.1. The van der Waals surface area contributed by atoms with Crippen LogP contribution < -0.4 is 11.1 Å². The van der Waals surface area contributed by atoms with Gasteiger partial charge in [-0.1, -0.05) is 0 Å². The van der Waals surface area contributed by atoms with Gasteiger partial charge in [-0.25, -0.2) is 4.98 Å². The van der Waals surface area contributed by atoms with Gasteiger partial charge in [0, 0.05) is 24.0 Å². The van der Waals surface area contributed by atoms with E-state index < -0.39 is 17.9 Å². The van der Waals surface area contributed by atoms with E-state index in [-0.39, 0.29) is 6.42 Å². The number of hydrogen-bond donors (Lipinski definition) is 3. The summed E-state index contributed by atoms with van der Waals surface area (Å²) in [5.74, 6) is -1.51. The van der Waals surface area contributed by atoms with Gasteiger partial charge in [0.15, 0.2) is 0 Å². The molecule has 1 aromatic rings. The van der Waals surface area contributed by atoms with E-state index in [1.807, 2.05) is 6.92 Å². The lowest BCUT2D eigenvalue weighted by Crippen LogP contribution is -2.42. The minimum atomic E-state index is -1.08. The molecule has 0 aliphatic rings. The second-order valence-corrected chi connectivity index (χ2v) is 4.91. The van der Waals surface area contributed by atoms with Crippen molar-refractivity contribution in [2.24, 2.45) is 5.73 Å². The average molecular weight is 257 g/mol. The molecular weight excluding hydrogens is 242 g/mol. The highest BCUT2D eigenvalue weighted by atomic mass is 32.1. The van der Waals surface area contributed by atoms with Gasteiger partial charge in [-0.3, -0.25) is 9.59 Å². The smallest absolute Gasteiger partial charge is 0.305 e. The van der Waals surface area contributed by atoms with Crippen molar-refractivity contribution in [2.45, 2.75) is 25.8 Å². The Morgan fingerprint density at radius 1 is 1.65 bits per heavy atom. The molecule has 0 spiro atoms. The maximum atomic E-state index is 11.4. The van der Waals surface area contributed by atoms with Crippen LogP contribution in [0.5, 0.6) is 0 Å². The van der Waals surface area contributed by atoms with Crippen LogP contribution in [0.25, 0.3) is 0 Å². The number of carbonyl (C=O) groups excluding carboxylic acids is 1. The summed E-state index contributed by atoms with van der Waals surface area (Å²) in [4.78, 5) is 26.9. The third kappa shape index (κ3) is 4.92. The molecule has 0 radical (unpaired) electrons. The molecule has 94 valence electrons. The number of carbonyl (C=O) groups is 2. The monoisotopic (exact) mass is 257 g/mol. The first kappa shape index (κ1) is 13.6. The molecule has 1 rings (SSSR count). The van der Waals surface area contributed by atoms with Gasteiger partial charge in [0.1, 0.15) is 0 Å². The van der Waals surface area contributed by atoms with Gasteiger partial charge in [-0.15, -0.1) is 11.3 Å². The maximum absolute atomic E-state index is 11.4. The standard InChI is InChI=1S/C10H15N3O3S/c1-6-13-5-7(17-6)2-3-12-10(16)8(11)4-9(14)15/h5,8H,2-4,11H2,1H3,(H,12,16)(H,14,15)/t8-/m0/s1. The number of thiazole rings is 1. The molecule has 1 heterocycles. The van der Waals surface area contributed by atoms with E-state index in [0.717, 1.165) is 9.88 Å². The zero-order valence-electron chi connectivity index (χ0n) is 9.47. The number of carboxylic acid groups (broad SMARTS) is 1. The van der Waals surface area contributed by atoms with Gasteiger partial charge in [-0.05, 0) is 6.92 Å². The molecule has 0 saturated heterocycles. The van der Waals surface area contributed by atoms with Crippen molar-refractivity contribution < 1.29 is 14.7 Å². The Hall–Kier alpha value is -1.47. The molecule has 0 fully saturated rings. The summed E-state index contributed by atoms with van der Waals surface area (Å²) in [7, 11) is 0. The quantitative estimate of drug-likeness (QED) is 0.660. The van der Waals surface area contributed by atoms with E-state index in [2.05, 4.69) is 10.3 Å². The van der Waals surface area contributed by atoms with E-state index in [9.17, 15) is 9.59 Å². The number of aromatic nitrogens is 1. The van der Waals surface area contributed by atoms with Gasteiger partial charge in [-0.2, -0.15) is 0 Å². The van der Waals surface area contributed by atoms with Crippen LogP contribution in [-0.4, -0.2) is 34.6 Å². The topological polar surface area (TPSA) is 105 Å². The first-order chi connectivity index (χ1) is 7.99. The molecule has 0 bridgehead atoms. The molecule has 1 aromatic heterocycles. The molecule has 7 heteroatoms. The molecular formula is C10H15N3O3S. The third-order valence-corrected chi connectivity index (χ3v) is 3.04. The fraction of sp³-hybridized carbons (Fsp3) is 0.500. The van der Waals surface area contributed by atoms with Crippen molar-refractivity contribution in [1.82, 2.24) is 10.3 Å². The number of aryl methyl sites for hydroxylation is 1. The number of nitrogens with zero attached hydrogens (tertiary/aromatic N) is 1. The molecule has 0 unspecified atom stereocenters. The number of aliphatic carboxylic acids is 1. The summed E-state index contributed by atoms with van der Waals surface area (Å²) in [6.07, 6.45) is 2.09. The Morgan fingerprint density at radius 2 is 2.35 bits per heavy atom. The molecule has 0 aliphatic heterocycles. The number of amides is 1. The lowest BCUT2D eigenvalue weighted by Gasteiger charge is -2.09. The maximum Gasteiger partial charge on any atom is 0.305 e. The van der Waals surface area contributed by atoms with Gasteiger partial charge >= 0.3 is 5.97 Å². The molecule has 0 aliphatic carbocycles. The molecule has 1 atom stereocenters. The Kier molecular flexibility index (Phi) is 5.05. The highest BCUT2D eigenvalue weighted by Gasteiger charge is 2.16. The van der Waals surface area contributed by atoms with Gasteiger partial charge in [0.2, 0.25) is 5.91 Å². The first-order valence-electron chi connectivity index (χ1n) is 5.15. The molecule has 4 N–H and O–H groups in total. The Labute approximate surface area is 103 Å². The summed E-state index contributed by atoms with van der Waals surface area (Å²) in [6, 6.07) is -0.990. The average Bonchev–Trinajstić information content (AvgIpc) is 2.63. The van der Waals surface area contributed by atoms with E-state index in [1.54, 1.807) is 17.5 Å². The van der Waals surface area contributed by atoms with Crippen LogP contribution in [0.2, 0.25) is 0 Å². The minimum absolute atomic E-state index is 0.356. The van der Waals surface area contributed by atoms with Crippen molar-refractivity contribution in [3.8, 4) is 0 Å². The summed E-state index contributed by atoms with van der Waals surface area (Å²) in [6.45, 7) is 2.35. The van der Waals surface area contributed by atoms with Crippen LogP contribution in [0.1, 0.15) is 16.3 Å². The number of carboxylic acids is 1. The number of nitrogens with one attached hydrogen (secondary N) is 1.